The number of nitrogens with one attached hydrogen (secondary N) is 2. The van der Waals surface area contributed by atoms with Gasteiger partial charge >= 0.3 is 0 Å². The van der Waals surface area contributed by atoms with Crippen molar-refractivity contribution in [3.8, 4) is 5.75 Å². The molecule has 2 rings (SSSR count). The minimum Gasteiger partial charge on any atom is -0.489 e. The van der Waals surface area contributed by atoms with Gasteiger partial charge in [0.15, 0.2) is 0 Å². The Bertz CT molecular complexity index is 437. The largest absolute Gasteiger partial charge is 0.489 e. The number of hydrogen-bond donors (Lipinski definition) is 2. The molecule has 1 saturated heterocycles. The van der Waals surface area contributed by atoms with Crippen molar-refractivity contribution in [2.24, 2.45) is 5.92 Å². The molecule has 20 heavy (non-hydrogen) atoms. The van der Waals surface area contributed by atoms with Crippen LogP contribution in [0.15, 0.2) is 24.3 Å². The van der Waals surface area contributed by atoms with Gasteiger partial charge in [0.25, 0.3) is 0 Å². The molecule has 1 aromatic rings. The quantitative estimate of drug-likeness (QED) is 0.875. The molecule has 0 saturated carbocycles. The van der Waals surface area contributed by atoms with E-state index in [1.807, 2.05) is 19.1 Å². The Labute approximate surface area is 130 Å². The van der Waals surface area contributed by atoms with Crippen molar-refractivity contribution in [3.63, 3.8) is 0 Å². The summed E-state index contributed by atoms with van der Waals surface area (Å²) in [6.45, 7) is 4.12. The van der Waals surface area contributed by atoms with Gasteiger partial charge in [-0.2, -0.15) is 0 Å². The highest BCUT2D eigenvalue weighted by Crippen LogP contribution is 2.18. The van der Waals surface area contributed by atoms with E-state index in [9.17, 15) is 4.79 Å². The monoisotopic (exact) mass is 318 g/mol. The average molecular weight is 319 g/mol. The number of carbonyl (C=O) groups excluding carboxylic acids is 1. The fourth-order valence-electron chi connectivity index (χ4n) is 2.08. The second kappa shape index (κ2) is 8.35. The third kappa shape index (κ3) is 5.19. The predicted molar refractivity (Wildman–Crippen MR) is 82.8 cm³/mol. The second-order valence-electron chi connectivity index (χ2n) is 4.82. The third-order valence-electron chi connectivity index (χ3n) is 3.13. The number of rotatable bonds is 5. The number of carbonyl (C=O) groups is 1. The summed E-state index contributed by atoms with van der Waals surface area (Å²) in [6.07, 6.45) is 0.826. The molecular weight excluding hydrogens is 299 g/mol. The Balaban J connectivity index is 0.00000200. The van der Waals surface area contributed by atoms with Crippen LogP contribution in [-0.4, -0.2) is 31.6 Å². The molecule has 0 aromatic heterocycles. The molecule has 6 heteroatoms. The van der Waals surface area contributed by atoms with Crippen molar-refractivity contribution in [2.75, 3.05) is 19.6 Å². The van der Waals surface area contributed by atoms with E-state index >= 15 is 0 Å². The van der Waals surface area contributed by atoms with Gasteiger partial charge in [-0.25, -0.2) is 0 Å². The van der Waals surface area contributed by atoms with Gasteiger partial charge in [-0.15, -0.1) is 12.4 Å². The van der Waals surface area contributed by atoms with E-state index in [0.717, 1.165) is 25.3 Å². The van der Waals surface area contributed by atoms with E-state index in [1.165, 1.54) is 0 Å². The first kappa shape index (κ1) is 17.1. The summed E-state index contributed by atoms with van der Waals surface area (Å²) in [5.41, 5.74) is 0. The lowest BCUT2D eigenvalue weighted by Gasteiger charge is -2.17. The lowest BCUT2D eigenvalue weighted by Crippen LogP contribution is -2.38. The maximum absolute atomic E-state index is 11.8. The Morgan fingerprint density at radius 2 is 2.40 bits per heavy atom. The highest BCUT2D eigenvalue weighted by atomic mass is 35.5. The van der Waals surface area contributed by atoms with Gasteiger partial charge in [-0.3, -0.25) is 4.79 Å². The van der Waals surface area contributed by atoms with Crippen molar-refractivity contribution in [2.45, 2.75) is 19.4 Å². The zero-order chi connectivity index (χ0) is 13.7. The molecule has 0 radical (unpaired) electrons. The summed E-state index contributed by atoms with van der Waals surface area (Å²) >= 11 is 5.89. The van der Waals surface area contributed by atoms with Gasteiger partial charge in [0.1, 0.15) is 11.9 Å². The van der Waals surface area contributed by atoms with Crippen LogP contribution in [0.2, 0.25) is 5.02 Å². The molecule has 1 amide bonds. The lowest BCUT2D eigenvalue weighted by molar-refractivity contribution is -0.124. The topological polar surface area (TPSA) is 50.4 Å². The van der Waals surface area contributed by atoms with Crippen molar-refractivity contribution >= 4 is 29.9 Å². The summed E-state index contributed by atoms with van der Waals surface area (Å²) in [5.74, 6) is 0.918. The first-order valence-corrected chi connectivity index (χ1v) is 6.93. The molecule has 2 atom stereocenters. The number of amides is 1. The van der Waals surface area contributed by atoms with Crippen LogP contribution in [0, 0.1) is 5.92 Å². The lowest BCUT2D eigenvalue weighted by atomic mass is 10.1. The molecule has 2 unspecified atom stereocenters. The normalized spacial score (nSPS) is 19.0. The first-order chi connectivity index (χ1) is 9.15. The molecule has 1 aliphatic rings. The fourth-order valence-corrected chi connectivity index (χ4v) is 2.26. The van der Waals surface area contributed by atoms with Gasteiger partial charge in [0.05, 0.1) is 12.5 Å². The second-order valence-corrected chi connectivity index (χ2v) is 5.26. The molecule has 1 aliphatic heterocycles. The molecular formula is C14H20Cl2N2O2. The third-order valence-corrected chi connectivity index (χ3v) is 3.36. The van der Waals surface area contributed by atoms with Crippen molar-refractivity contribution < 1.29 is 9.53 Å². The molecule has 2 N–H and O–H groups in total. The van der Waals surface area contributed by atoms with Crippen LogP contribution < -0.4 is 15.4 Å². The molecule has 112 valence electrons. The minimum atomic E-state index is -0.0863. The van der Waals surface area contributed by atoms with Crippen LogP contribution in [0.25, 0.3) is 0 Å². The molecule has 4 nitrogen and oxygen atoms in total. The number of hydrogen-bond acceptors (Lipinski definition) is 3. The van der Waals surface area contributed by atoms with Crippen LogP contribution in [0.4, 0.5) is 0 Å². The van der Waals surface area contributed by atoms with Gasteiger partial charge in [-0.1, -0.05) is 17.7 Å². The molecule has 0 bridgehead atoms. The molecule has 1 heterocycles. The summed E-state index contributed by atoms with van der Waals surface area (Å²) in [5, 5.41) is 6.75. The summed E-state index contributed by atoms with van der Waals surface area (Å²) in [4.78, 5) is 11.8. The van der Waals surface area contributed by atoms with Crippen LogP contribution in [0.1, 0.15) is 13.3 Å². The van der Waals surface area contributed by atoms with Gasteiger partial charge in [-0.05, 0) is 38.1 Å². The SMILES string of the molecule is CC(CNC(=O)C1CCNC1)Oc1cccc(Cl)c1.Cl. The smallest absolute Gasteiger partial charge is 0.224 e. The van der Waals surface area contributed by atoms with Crippen LogP contribution in [0.3, 0.4) is 0 Å². The van der Waals surface area contributed by atoms with Crippen LogP contribution in [-0.2, 0) is 4.79 Å². The zero-order valence-electron chi connectivity index (χ0n) is 11.4. The van der Waals surface area contributed by atoms with E-state index in [2.05, 4.69) is 10.6 Å². The molecule has 1 fully saturated rings. The summed E-state index contributed by atoms with van der Waals surface area (Å²) < 4.78 is 5.69. The van der Waals surface area contributed by atoms with Gasteiger partial charge in [0.2, 0.25) is 5.91 Å². The highest BCUT2D eigenvalue weighted by Gasteiger charge is 2.22. The Kier molecular flexibility index (Phi) is 7.13. The van der Waals surface area contributed by atoms with Crippen LogP contribution in [0.5, 0.6) is 5.75 Å². The van der Waals surface area contributed by atoms with Gasteiger partial charge in [0, 0.05) is 11.6 Å². The fraction of sp³-hybridized carbons (Fsp3) is 0.500. The Morgan fingerprint density at radius 1 is 1.60 bits per heavy atom. The first-order valence-electron chi connectivity index (χ1n) is 6.56. The Morgan fingerprint density at radius 3 is 3.05 bits per heavy atom. The maximum atomic E-state index is 11.8. The molecule has 0 spiro atoms. The van der Waals surface area contributed by atoms with E-state index < -0.39 is 0 Å². The highest BCUT2D eigenvalue weighted by molar-refractivity contribution is 6.30. The van der Waals surface area contributed by atoms with Crippen molar-refractivity contribution in [1.29, 1.82) is 0 Å². The maximum Gasteiger partial charge on any atom is 0.224 e. The molecule has 0 aliphatic carbocycles. The minimum absolute atomic E-state index is 0. The average Bonchev–Trinajstić information content (AvgIpc) is 2.90. The van der Waals surface area contributed by atoms with Crippen LogP contribution >= 0.6 is 24.0 Å². The number of benzene rings is 1. The molecule has 1 aromatic carbocycles. The van der Waals surface area contributed by atoms with Gasteiger partial charge < -0.3 is 15.4 Å². The van der Waals surface area contributed by atoms with E-state index in [1.54, 1.807) is 12.1 Å². The zero-order valence-corrected chi connectivity index (χ0v) is 13.0. The Hall–Kier alpha value is -0.970. The van der Waals surface area contributed by atoms with Crippen molar-refractivity contribution in [3.05, 3.63) is 29.3 Å². The van der Waals surface area contributed by atoms with Crippen molar-refractivity contribution in [1.82, 2.24) is 10.6 Å². The van der Waals surface area contributed by atoms with E-state index in [4.69, 9.17) is 16.3 Å². The summed E-state index contributed by atoms with van der Waals surface area (Å²) in [6, 6.07) is 7.26. The number of halogens is 2. The summed E-state index contributed by atoms with van der Waals surface area (Å²) in [7, 11) is 0. The van der Waals surface area contributed by atoms with E-state index in [0.29, 0.717) is 11.6 Å². The van der Waals surface area contributed by atoms with E-state index in [-0.39, 0.29) is 30.3 Å². The predicted octanol–water partition coefficient (Wildman–Crippen LogP) is 2.25. The standard InChI is InChI=1S/C14H19ClN2O2.ClH/c1-10(19-13-4-2-3-12(15)7-13)8-17-14(18)11-5-6-16-9-11;/h2-4,7,10-11,16H,5-6,8-9H2,1H3,(H,17,18);1H. The number of ether oxygens (including phenoxy) is 1.